The standard InChI is InChI=1S/C70H41F2N3O2/c71-45-28-33-47(34-29-45)73(62-25-11-22-56-54-20-9-18-51(67(54)76-69(56)62)42-13-3-1-4-14-42)49-32-27-44-39-60-53-38-37-50(41-64(53)75-61-24-8-7-17-58(61)65(66(60)75)59(44)40-49)74(48-35-30-46(72)31-36-48)63-26-12-23-57-55-21-10-19-52(68(55)77-70(57)63)43-15-5-2-6-16-43/h1-41H/i1D,2D,3D,4D,5D,6D,13D,14D,15D,16D. The maximum absolute atomic E-state index is 14.9. The van der Waals surface area contributed by atoms with Gasteiger partial charge >= 0.3 is 0 Å². The van der Waals surface area contributed by atoms with E-state index in [4.69, 9.17) is 22.5 Å². The monoisotopic (exact) mass is 1000 g/mol. The fraction of sp³-hybridized carbons (Fsp3) is 0. The molecule has 0 saturated heterocycles. The maximum Gasteiger partial charge on any atom is 0.159 e. The number of furan rings is 2. The molecule has 12 aromatic carbocycles. The number of hydrogen-bond donors (Lipinski definition) is 0. The molecule has 0 N–H and O–H groups in total. The Morgan fingerprint density at radius 3 is 1.42 bits per heavy atom. The van der Waals surface area contributed by atoms with E-state index in [1.807, 2.05) is 82.6 Å². The van der Waals surface area contributed by atoms with Gasteiger partial charge in [-0.25, -0.2) is 8.78 Å². The van der Waals surface area contributed by atoms with Gasteiger partial charge in [-0.3, -0.25) is 0 Å². The molecule has 0 amide bonds. The molecule has 0 saturated carbocycles. The van der Waals surface area contributed by atoms with Crippen LogP contribution in [0.5, 0.6) is 0 Å². The summed E-state index contributed by atoms with van der Waals surface area (Å²) in [5.74, 6) is -0.830. The molecule has 362 valence electrons. The van der Waals surface area contributed by atoms with Crippen molar-refractivity contribution in [3.05, 3.63) is 260 Å². The summed E-state index contributed by atoms with van der Waals surface area (Å²) in [5, 5.41) is 8.66. The number of benzene rings is 12. The van der Waals surface area contributed by atoms with E-state index in [-0.39, 0.29) is 35.3 Å². The molecule has 0 aliphatic heterocycles. The van der Waals surface area contributed by atoms with Crippen LogP contribution in [0.25, 0.3) is 115 Å². The first kappa shape index (κ1) is 34.3. The van der Waals surface area contributed by atoms with E-state index in [1.165, 1.54) is 24.3 Å². The van der Waals surface area contributed by atoms with Crippen LogP contribution in [0.1, 0.15) is 13.7 Å². The number of aromatic nitrogens is 1. The van der Waals surface area contributed by atoms with Crippen LogP contribution in [0, 0.1) is 11.6 Å². The normalized spacial score (nSPS) is 13.8. The van der Waals surface area contributed by atoms with Crippen molar-refractivity contribution >= 4 is 127 Å². The van der Waals surface area contributed by atoms with Gasteiger partial charge in [0.15, 0.2) is 11.2 Å². The number of anilines is 6. The first-order valence-corrected chi connectivity index (χ1v) is 25.0. The number of nitrogens with zero attached hydrogens (tertiary/aromatic N) is 3. The third-order valence-corrected chi connectivity index (χ3v) is 15.0. The molecule has 0 unspecified atom stereocenters. The minimum absolute atomic E-state index is 0.0223. The number of fused-ring (bicyclic) bond motifs is 14. The minimum atomic E-state index is -0.491. The lowest BCUT2D eigenvalue weighted by atomic mass is 9.99. The Hall–Kier alpha value is -10.2. The lowest BCUT2D eigenvalue weighted by molar-refractivity contribution is 0.627. The maximum atomic E-state index is 14.9. The van der Waals surface area contributed by atoms with Gasteiger partial charge in [0, 0.05) is 77.0 Å². The largest absolute Gasteiger partial charge is 0.453 e. The molecule has 0 atom stereocenters. The molecule has 0 bridgehead atoms. The second kappa shape index (κ2) is 16.6. The number of rotatable bonds is 8. The topological polar surface area (TPSA) is 37.2 Å². The van der Waals surface area contributed by atoms with E-state index < -0.39 is 47.9 Å². The first-order valence-electron chi connectivity index (χ1n) is 30.0. The quantitative estimate of drug-likeness (QED) is 0.152. The van der Waals surface area contributed by atoms with Crippen LogP contribution in [0.3, 0.4) is 0 Å². The molecule has 0 radical (unpaired) electrons. The predicted octanol–water partition coefficient (Wildman–Crippen LogP) is 20.3. The van der Waals surface area contributed by atoms with Gasteiger partial charge in [0.05, 0.1) is 41.6 Å². The summed E-state index contributed by atoms with van der Waals surface area (Å²) >= 11 is 0. The van der Waals surface area contributed by atoms with Crippen molar-refractivity contribution in [1.29, 1.82) is 0 Å². The zero-order valence-electron chi connectivity index (χ0n) is 50.3. The van der Waals surface area contributed by atoms with Crippen LogP contribution in [0.2, 0.25) is 0 Å². The summed E-state index contributed by atoms with van der Waals surface area (Å²) in [4.78, 5) is 4.02. The van der Waals surface area contributed by atoms with Crippen molar-refractivity contribution < 1.29 is 31.3 Å². The summed E-state index contributed by atoms with van der Waals surface area (Å²) in [6.45, 7) is 0. The Morgan fingerprint density at radius 2 is 0.844 bits per heavy atom. The fourth-order valence-electron chi connectivity index (χ4n) is 11.7. The molecule has 0 fully saturated rings. The molecular weight excluding hydrogens is 953 g/mol. The Labute approximate surface area is 453 Å². The molecule has 77 heavy (non-hydrogen) atoms. The summed E-state index contributed by atoms with van der Waals surface area (Å²) in [7, 11) is 0. The van der Waals surface area contributed by atoms with E-state index >= 15 is 0 Å². The van der Waals surface area contributed by atoms with Crippen LogP contribution < -0.4 is 9.80 Å². The second-order valence-electron chi connectivity index (χ2n) is 19.1. The summed E-state index contributed by atoms with van der Waals surface area (Å²) in [6.07, 6.45) is 0. The Kier molecular flexibility index (Phi) is 7.41. The molecule has 4 heterocycles. The van der Waals surface area contributed by atoms with Crippen molar-refractivity contribution in [3.63, 3.8) is 0 Å². The summed E-state index contributed by atoms with van der Waals surface area (Å²) in [6, 6.07) is 53.4. The van der Waals surface area contributed by atoms with Gasteiger partial charge in [-0.05, 0) is 119 Å². The van der Waals surface area contributed by atoms with Crippen LogP contribution in [-0.2, 0) is 0 Å². The molecule has 0 aliphatic carbocycles. The number of para-hydroxylation sites is 5. The van der Waals surface area contributed by atoms with Gasteiger partial charge < -0.3 is 23.0 Å². The van der Waals surface area contributed by atoms with Gasteiger partial charge in [0.2, 0.25) is 0 Å². The van der Waals surface area contributed by atoms with Gasteiger partial charge in [0.1, 0.15) is 22.8 Å². The molecule has 16 rings (SSSR count). The molecule has 4 aromatic heterocycles. The Morgan fingerprint density at radius 1 is 0.364 bits per heavy atom. The van der Waals surface area contributed by atoms with Gasteiger partial charge in [-0.15, -0.1) is 0 Å². The fourth-order valence-corrected chi connectivity index (χ4v) is 11.7. The van der Waals surface area contributed by atoms with Crippen LogP contribution in [-0.4, -0.2) is 4.40 Å². The SMILES string of the molecule is [2H]c1c([2H])c([2H])c(-c2cccc3c2oc2c(N(c4ccc(F)cc4)c4ccc5cc6c7ccc(N(c8ccc(F)cc8)c8cccc9c8oc8c(-c%10c([2H])c([2H])c([2H])c([2H])c%10[2H])cccc89)cc7n7c8ccccc8c(c5c4)c67)cccc23)c([2H])c1[2H]. The highest BCUT2D eigenvalue weighted by molar-refractivity contribution is 6.32. The van der Waals surface area contributed by atoms with Crippen molar-refractivity contribution in [2.24, 2.45) is 0 Å². The van der Waals surface area contributed by atoms with Gasteiger partial charge in [-0.1, -0.05) is 151 Å². The number of hydrogen-bond acceptors (Lipinski definition) is 4. The van der Waals surface area contributed by atoms with Crippen molar-refractivity contribution in [3.8, 4) is 22.3 Å². The van der Waals surface area contributed by atoms with Gasteiger partial charge in [-0.2, -0.15) is 0 Å². The zero-order chi connectivity index (χ0) is 59.6. The highest BCUT2D eigenvalue weighted by atomic mass is 19.1. The average Bonchev–Trinajstić information content (AvgIpc) is 1.55. The third kappa shape index (κ3) is 6.50. The molecule has 0 spiro atoms. The van der Waals surface area contributed by atoms with E-state index in [0.717, 1.165) is 71.0 Å². The van der Waals surface area contributed by atoms with E-state index in [0.29, 0.717) is 67.0 Å². The van der Waals surface area contributed by atoms with Crippen LogP contribution in [0.15, 0.2) is 257 Å². The number of halogens is 2. The van der Waals surface area contributed by atoms with Gasteiger partial charge in [0.25, 0.3) is 0 Å². The van der Waals surface area contributed by atoms with Crippen molar-refractivity contribution in [2.75, 3.05) is 9.80 Å². The highest BCUT2D eigenvalue weighted by Crippen LogP contribution is 2.50. The summed E-state index contributed by atoms with van der Waals surface area (Å²) < 4.78 is 132. The van der Waals surface area contributed by atoms with E-state index in [2.05, 4.69) is 46.9 Å². The first-order chi connectivity index (χ1) is 42.2. The van der Waals surface area contributed by atoms with Crippen molar-refractivity contribution in [2.45, 2.75) is 0 Å². The van der Waals surface area contributed by atoms with Crippen LogP contribution in [0.4, 0.5) is 42.9 Å². The highest BCUT2D eigenvalue weighted by Gasteiger charge is 2.26. The molecule has 0 aliphatic rings. The Balaban J connectivity index is 0.898. The smallest absolute Gasteiger partial charge is 0.159 e. The lowest BCUT2D eigenvalue weighted by Crippen LogP contribution is -2.10. The molecule has 7 heteroatoms. The van der Waals surface area contributed by atoms with Crippen molar-refractivity contribution in [1.82, 2.24) is 4.40 Å². The molecule has 5 nitrogen and oxygen atoms in total. The third-order valence-electron chi connectivity index (χ3n) is 15.0. The van der Waals surface area contributed by atoms with E-state index in [9.17, 15) is 8.78 Å². The second-order valence-corrected chi connectivity index (χ2v) is 19.1. The van der Waals surface area contributed by atoms with Crippen LogP contribution >= 0.6 is 0 Å². The predicted molar refractivity (Wildman–Crippen MR) is 313 cm³/mol. The minimum Gasteiger partial charge on any atom is -0.453 e. The zero-order valence-corrected chi connectivity index (χ0v) is 40.3. The average molecular weight is 1000 g/mol. The molecular formula is C70H41F2N3O2. The molecule has 16 aromatic rings. The lowest BCUT2D eigenvalue weighted by Gasteiger charge is -2.26. The summed E-state index contributed by atoms with van der Waals surface area (Å²) in [5.41, 5.74) is 9.10. The Bertz CT molecular complexity index is 5330. The van der Waals surface area contributed by atoms with E-state index in [1.54, 1.807) is 48.5 Å².